The van der Waals surface area contributed by atoms with Gasteiger partial charge in [-0.3, -0.25) is 9.69 Å². The van der Waals surface area contributed by atoms with Crippen LogP contribution in [-0.2, 0) is 11.2 Å². The van der Waals surface area contributed by atoms with Crippen molar-refractivity contribution in [2.24, 2.45) is 0 Å². The second-order valence-electron chi connectivity index (χ2n) is 5.69. The Hall–Kier alpha value is -1.37. The highest BCUT2D eigenvalue weighted by atomic mass is 16.5. The summed E-state index contributed by atoms with van der Waals surface area (Å²) >= 11 is 0. The molecule has 1 fully saturated rings. The zero-order chi connectivity index (χ0) is 15.3. The summed E-state index contributed by atoms with van der Waals surface area (Å²) in [5.41, 5.74) is -0.979. The smallest absolute Gasteiger partial charge is 0.287 e. The van der Waals surface area contributed by atoms with E-state index in [2.05, 4.69) is 10.2 Å². The van der Waals surface area contributed by atoms with Gasteiger partial charge in [0.05, 0.1) is 18.8 Å². The lowest BCUT2D eigenvalue weighted by Gasteiger charge is -2.33. The van der Waals surface area contributed by atoms with Gasteiger partial charge < -0.3 is 19.6 Å². The summed E-state index contributed by atoms with van der Waals surface area (Å²) < 4.78 is 10.7. The number of rotatable bonds is 6. The van der Waals surface area contributed by atoms with Crippen molar-refractivity contribution in [1.82, 2.24) is 10.2 Å². The summed E-state index contributed by atoms with van der Waals surface area (Å²) in [7, 11) is 0. The van der Waals surface area contributed by atoms with Crippen molar-refractivity contribution in [2.75, 3.05) is 39.4 Å². The molecule has 2 rings (SSSR count). The van der Waals surface area contributed by atoms with Crippen molar-refractivity contribution in [3.05, 3.63) is 23.7 Å². The highest BCUT2D eigenvalue weighted by Gasteiger charge is 2.26. The molecule has 0 bridgehead atoms. The average Bonchev–Trinajstić information content (AvgIpc) is 2.94. The fourth-order valence-electron chi connectivity index (χ4n) is 2.34. The van der Waals surface area contributed by atoms with Crippen LogP contribution in [0.5, 0.6) is 0 Å². The van der Waals surface area contributed by atoms with Crippen LogP contribution in [0.25, 0.3) is 0 Å². The second kappa shape index (κ2) is 7.06. The summed E-state index contributed by atoms with van der Waals surface area (Å²) in [5, 5.41) is 13.1. The van der Waals surface area contributed by atoms with E-state index in [4.69, 9.17) is 9.15 Å². The van der Waals surface area contributed by atoms with E-state index in [-0.39, 0.29) is 18.2 Å². The third kappa shape index (κ3) is 4.84. The van der Waals surface area contributed by atoms with Crippen molar-refractivity contribution in [2.45, 2.75) is 25.9 Å². The quantitative estimate of drug-likeness (QED) is 0.806. The van der Waals surface area contributed by atoms with Gasteiger partial charge in [-0.1, -0.05) is 6.92 Å². The zero-order valence-corrected chi connectivity index (χ0v) is 12.7. The second-order valence-corrected chi connectivity index (χ2v) is 5.69. The first kappa shape index (κ1) is 16.0. The molecule has 6 heteroatoms. The Labute approximate surface area is 125 Å². The highest BCUT2D eigenvalue weighted by Crippen LogP contribution is 2.10. The van der Waals surface area contributed by atoms with E-state index in [1.807, 2.05) is 6.92 Å². The third-order valence-electron chi connectivity index (χ3n) is 3.53. The lowest BCUT2D eigenvalue weighted by molar-refractivity contribution is -0.0214. The number of furan rings is 1. The molecule has 1 aromatic heterocycles. The molecule has 1 saturated heterocycles. The summed E-state index contributed by atoms with van der Waals surface area (Å²) in [6.07, 6.45) is 0.752. The lowest BCUT2D eigenvalue weighted by atomic mass is 10.1. The lowest BCUT2D eigenvalue weighted by Crippen LogP contribution is -2.51. The Morgan fingerprint density at radius 2 is 2.14 bits per heavy atom. The van der Waals surface area contributed by atoms with E-state index in [0.29, 0.717) is 19.8 Å². The molecule has 6 nitrogen and oxygen atoms in total. The molecule has 2 heterocycles. The number of aryl methyl sites for hydroxylation is 1. The molecule has 1 aliphatic rings. The van der Waals surface area contributed by atoms with E-state index < -0.39 is 5.60 Å². The Kier molecular flexibility index (Phi) is 5.39. The number of carbonyl (C=O) groups excluding carboxylic acids is 1. The molecule has 2 N–H and O–H groups in total. The van der Waals surface area contributed by atoms with Crippen LogP contribution in [0.15, 0.2) is 16.5 Å². The first-order chi connectivity index (χ1) is 10.00. The summed E-state index contributed by atoms with van der Waals surface area (Å²) in [6.45, 7) is 7.38. The molecule has 1 amide bonds. The number of β-amino-alcohol motifs (C(OH)–C–C–N with tert-alkyl or cyclic N) is 1. The van der Waals surface area contributed by atoms with Gasteiger partial charge >= 0.3 is 0 Å². The minimum atomic E-state index is -0.979. The van der Waals surface area contributed by atoms with Crippen LogP contribution in [0, 0.1) is 0 Å². The molecule has 1 unspecified atom stereocenters. The van der Waals surface area contributed by atoms with Gasteiger partial charge in [0.25, 0.3) is 5.91 Å². The maximum Gasteiger partial charge on any atom is 0.287 e. The maximum atomic E-state index is 12.0. The van der Waals surface area contributed by atoms with Crippen LogP contribution >= 0.6 is 0 Å². The topological polar surface area (TPSA) is 74.9 Å². The minimum Gasteiger partial charge on any atom is -0.456 e. The van der Waals surface area contributed by atoms with Crippen LogP contribution in [-0.4, -0.2) is 60.9 Å². The van der Waals surface area contributed by atoms with Crippen molar-refractivity contribution in [3.63, 3.8) is 0 Å². The number of amides is 1. The van der Waals surface area contributed by atoms with Crippen molar-refractivity contribution in [1.29, 1.82) is 0 Å². The Balaban J connectivity index is 1.81. The molecule has 1 atom stereocenters. The molecule has 118 valence electrons. The zero-order valence-electron chi connectivity index (χ0n) is 12.7. The minimum absolute atomic E-state index is 0.186. The first-order valence-electron chi connectivity index (χ1n) is 7.39. The summed E-state index contributed by atoms with van der Waals surface area (Å²) in [4.78, 5) is 14.1. The molecule has 0 aliphatic carbocycles. The SMILES string of the molecule is CCc1ccc(C(=O)NCC(C)(O)CN2CCOCC2)o1. The first-order valence-corrected chi connectivity index (χ1v) is 7.39. The molecule has 0 radical (unpaired) electrons. The monoisotopic (exact) mass is 296 g/mol. The van der Waals surface area contributed by atoms with Gasteiger partial charge in [0.15, 0.2) is 5.76 Å². The van der Waals surface area contributed by atoms with Crippen molar-refractivity contribution >= 4 is 5.91 Å². The predicted molar refractivity (Wildman–Crippen MR) is 78.3 cm³/mol. The van der Waals surface area contributed by atoms with Gasteiger partial charge in [-0.25, -0.2) is 0 Å². The molecule has 0 spiro atoms. The molecular formula is C15H24N2O4. The summed E-state index contributed by atoms with van der Waals surface area (Å²) in [6, 6.07) is 3.45. The standard InChI is InChI=1S/C15H24N2O4/c1-3-12-4-5-13(21-12)14(18)16-10-15(2,19)11-17-6-8-20-9-7-17/h4-5,19H,3,6-11H2,1-2H3,(H,16,18). The molecular weight excluding hydrogens is 272 g/mol. The van der Waals surface area contributed by atoms with E-state index in [0.717, 1.165) is 25.3 Å². The van der Waals surface area contributed by atoms with Gasteiger partial charge in [0, 0.05) is 32.6 Å². The number of nitrogens with zero attached hydrogens (tertiary/aromatic N) is 1. The van der Waals surface area contributed by atoms with Crippen LogP contribution in [0.3, 0.4) is 0 Å². The van der Waals surface area contributed by atoms with Crippen LogP contribution < -0.4 is 5.32 Å². The molecule has 1 aromatic rings. The Bertz CT molecular complexity index is 464. The van der Waals surface area contributed by atoms with Gasteiger partial charge in [-0.2, -0.15) is 0 Å². The van der Waals surface area contributed by atoms with Crippen LogP contribution in [0.2, 0.25) is 0 Å². The van der Waals surface area contributed by atoms with Crippen LogP contribution in [0.1, 0.15) is 30.2 Å². The molecule has 21 heavy (non-hydrogen) atoms. The van der Waals surface area contributed by atoms with E-state index >= 15 is 0 Å². The molecule has 1 aliphatic heterocycles. The Morgan fingerprint density at radius 3 is 2.76 bits per heavy atom. The molecule has 0 aromatic carbocycles. The van der Waals surface area contributed by atoms with Crippen molar-refractivity contribution in [3.8, 4) is 0 Å². The fourth-order valence-corrected chi connectivity index (χ4v) is 2.34. The number of nitrogens with one attached hydrogen (secondary N) is 1. The number of morpholine rings is 1. The number of aliphatic hydroxyl groups is 1. The number of carbonyl (C=O) groups is 1. The summed E-state index contributed by atoms with van der Waals surface area (Å²) in [5.74, 6) is 0.770. The van der Waals surface area contributed by atoms with Crippen LogP contribution in [0.4, 0.5) is 0 Å². The van der Waals surface area contributed by atoms with Gasteiger partial charge in [-0.15, -0.1) is 0 Å². The van der Waals surface area contributed by atoms with E-state index in [9.17, 15) is 9.90 Å². The van der Waals surface area contributed by atoms with Gasteiger partial charge in [0.2, 0.25) is 0 Å². The number of hydrogen-bond acceptors (Lipinski definition) is 5. The maximum absolute atomic E-state index is 12.0. The number of ether oxygens (including phenoxy) is 1. The van der Waals surface area contributed by atoms with Crippen molar-refractivity contribution < 1.29 is 19.1 Å². The predicted octanol–water partition coefficient (Wildman–Crippen LogP) is 0.655. The third-order valence-corrected chi connectivity index (χ3v) is 3.53. The van der Waals surface area contributed by atoms with Gasteiger partial charge in [0.1, 0.15) is 5.76 Å². The Morgan fingerprint density at radius 1 is 1.43 bits per heavy atom. The number of hydrogen-bond donors (Lipinski definition) is 2. The molecule has 0 saturated carbocycles. The average molecular weight is 296 g/mol. The fraction of sp³-hybridized carbons (Fsp3) is 0.667. The normalized spacial score (nSPS) is 19.2. The van der Waals surface area contributed by atoms with E-state index in [1.165, 1.54) is 0 Å². The highest BCUT2D eigenvalue weighted by molar-refractivity contribution is 5.91. The van der Waals surface area contributed by atoms with E-state index in [1.54, 1.807) is 19.1 Å². The van der Waals surface area contributed by atoms with Gasteiger partial charge in [-0.05, 0) is 19.1 Å². The largest absolute Gasteiger partial charge is 0.456 e.